The highest BCUT2D eigenvalue weighted by Gasteiger charge is 2.51. The quantitative estimate of drug-likeness (QED) is 0.157. The molecule has 12 rings (SSSR count). The third kappa shape index (κ3) is 5.73. The van der Waals surface area contributed by atoms with Crippen LogP contribution >= 0.6 is 0 Å². The number of fused-ring (bicyclic) bond motifs is 3. The van der Waals surface area contributed by atoms with Gasteiger partial charge in [0.15, 0.2) is 0 Å². The van der Waals surface area contributed by atoms with Crippen molar-refractivity contribution in [2.24, 2.45) is 17.8 Å². The van der Waals surface area contributed by atoms with Gasteiger partial charge in [-0.05, 0) is 166 Å². The van der Waals surface area contributed by atoms with Gasteiger partial charge in [-0.3, -0.25) is 0 Å². The number of aryl methyl sites for hydroxylation is 1. The Morgan fingerprint density at radius 2 is 0.965 bits per heavy atom. The average Bonchev–Trinajstić information content (AvgIpc) is 3.47. The van der Waals surface area contributed by atoms with Crippen molar-refractivity contribution in [3.05, 3.63) is 186 Å². The van der Waals surface area contributed by atoms with E-state index in [-0.39, 0.29) is 5.41 Å². The number of anilines is 3. The molecule has 0 heterocycles. The molecule has 5 aliphatic rings. The molecular weight excluding hydrogens is 687 g/mol. The first kappa shape index (κ1) is 34.6. The van der Waals surface area contributed by atoms with Gasteiger partial charge >= 0.3 is 0 Å². The Kier molecular flexibility index (Phi) is 8.01. The molecule has 0 N–H and O–H groups in total. The van der Waals surface area contributed by atoms with Crippen LogP contribution in [-0.4, -0.2) is 0 Å². The second-order valence-electron chi connectivity index (χ2n) is 18.5. The molecule has 0 radical (unpaired) electrons. The molecule has 4 saturated carbocycles. The summed E-state index contributed by atoms with van der Waals surface area (Å²) >= 11 is 0. The van der Waals surface area contributed by atoms with Crippen LogP contribution in [0.25, 0.3) is 44.5 Å². The van der Waals surface area contributed by atoms with Crippen LogP contribution in [-0.2, 0) is 10.8 Å². The molecule has 0 saturated heterocycles. The van der Waals surface area contributed by atoms with Crippen LogP contribution < -0.4 is 4.90 Å². The fourth-order valence-corrected chi connectivity index (χ4v) is 12.2. The maximum Gasteiger partial charge on any atom is 0.0569 e. The van der Waals surface area contributed by atoms with E-state index in [1.807, 2.05) is 0 Å². The van der Waals surface area contributed by atoms with Gasteiger partial charge in [0.25, 0.3) is 0 Å². The molecule has 0 unspecified atom stereocenters. The van der Waals surface area contributed by atoms with Crippen LogP contribution in [0.15, 0.2) is 164 Å². The van der Waals surface area contributed by atoms with Gasteiger partial charge < -0.3 is 4.90 Å². The Morgan fingerprint density at radius 3 is 1.61 bits per heavy atom. The smallest absolute Gasteiger partial charge is 0.0569 e. The Hall–Kier alpha value is -5.66. The van der Waals surface area contributed by atoms with Crippen LogP contribution in [0.4, 0.5) is 17.1 Å². The van der Waals surface area contributed by atoms with E-state index in [1.165, 1.54) is 111 Å². The van der Waals surface area contributed by atoms with Gasteiger partial charge in [-0.1, -0.05) is 141 Å². The lowest BCUT2D eigenvalue weighted by Gasteiger charge is -2.57. The van der Waals surface area contributed by atoms with Crippen molar-refractivity contribution in [2.75, 3.05) is 4.90 Å². The van der Waals surface area contributed by atoms with Crippen molar-refractivity contribution in [1.82, 2.24) is 0 Å². The second-order valence-corrected chi connectivity index (χ2v) is 18.5. The molecule has 1 heteroatoms. The minimum Gasteiger partial charge on any atom is -0.310 e. The van der Waals surface area contributed by atoms with Gasteiger partial charge in [0.2, 0.25) is 0 Å². The minimum atomic E-state index is -0.103. The average molecular weight is 738 g/mol. The molecule has 5 aliphatic carbocycles. The van der Waals surface area contributed by atoms with E-state index in [0.717, 1.165) is 23.4 Å². The van der Waals surface area contributed by atoms with Crippen LogP contribution in [0.3, 0.4) is 0 Å². The first-order valence-electron chi connectivity index (χ1n) is 21.3. The van der Waals surface area contributed by atoms with Crippen molar-refractivity contribution >= 4 is 17.1 Å². The standard InChI is InChI=1S/C56H51N/c1-37-28-45(41-12-6-4-7-13-41)32-51(44-14-8-5-9-15-44)54(37)57(48-26-27-50-49-16-10-11-17-52(49)55(2,3)53(50)33-48)47-24-20-43(21-25-47)42-18-22-46(23-19-42)56-34-38-29-39(35-56)31-40(30-38)36-56/h4-28,32-33,38-40H,29-31,34-36H2,1-3H3. The molecule has 1 nitrogen and oxygen atoms in total. The number of hydrogen-bond donors (Lipinski definition) is 0. The molecule has 0 aromatic heterocycles. The van der Waals surface area contributed by atoms with Crippen molar-refractivity contribution in [2.45, 2.75) is 70.1 Å². The zero-order valence-corrected chi connectivity index (χ0v) is 33.5. The zero-order valence-electron chi connectivity index (χ0n) is 33.5. The van der Waals surface area contributed by atoms with Gasteiger partial charge in [-0.15, -0.1) is 0 Å². The summed E-state index contributed by atoms with van der Waals surface area (Å²) in [5.41, 5.74) is 19.6. The van der Waals surface area contributed by atoms with Crippen LogP contribution in [0.2, 0.25) is 0 Å². The van der Waals surface area contributed by atoms with E-state index in [9.17, 15) is 0 Å². The summed E-state index contributed by atoms with van der Waals surface area (Å²) in [6, 6.07) is 61.8. The third-order valence-corrected chi connectivity index (χ3v) is 14.5. The van der Waals surface area contributed by atoms with Crippen molar-refractivity contribution < 1.29 is 0 Å². The highest BCUT2D eigenvalue weighted by molar-refractivity contribution is 5.94. The van der Waals surface area contributed by atoms with E-state index >= 15 is 0 Å². The highest BCUT2D eigenvalue weighted by Crippen LogP contribution is 2.61. The Balaban J connectivity index is 1.03. The molecule has 280 valence electrons. The highest BCUT2D eigenvalue weighted by atomic mass is 15.1. The van der Waals surface area contributed by atoms with E-state index in [4.69, 9.17) is 0 Å². The summed E-state index contributed by atoms with van der Waals surface area (Å²) in [5, 5.41) is 0. The number of benzene rings is 7. The first-order chi connectivity index (χ1) is 27.8. The Bertz CT molecular complexity index is 2580. The zero-order chi connectivity index (χ0) is 38.3. The lowest BCUT2D eigenvalue weighted by molar-refractivity contribution is -0.00518. The number of nitrogens with zero attached hydrogens (tertiary/aromatic N) is 1. The lowest BCUT2D eigenvalue weighted by Crippen LogP contribution is -2.48. The van der Waals surface area contributed by atoms with E-state index < -0.39 is 0 Å². The molecule has 4 fully saturated rings. The summed E-state index contributed by atoms with van der Waals surface area (Å²) in [6.07, 6.45) is 8.69. The monoisotopic (exact) mass is 737 g/mol. The lowest BCUT2D eigenvalue weighted by atomic mass is 9.48. The van der Waals surface area contributed by atoms with Crippen molar-refractivity contribution in [1.29, 1.82) is 0 Å². The molecular formula is C56H51N. The summed E-state index contributed by atoms with van der Waals surface area (Å²) in [4.78, 5) is 2.52. The van der Waals surface area contributed by atoms with E-state index in [2.05, 4.69) is 189 Å². The SMILES string of the molecule is Cc1cc(-c2ccccc2)cc(-c2ccccc2)c1N(c1ccc(-c2ccc(C34CC5CC(CC(C5)C3)C4)cc2)cc1)c1ccc2c(c1)C(C)(C)c1ccccc1-2. The molecule has 0 amide bonds. The van der Waals surface area contributed by atoms with E-state index in [0.29, 0.717) is 5.41 Å². The molecule has 4 bridgehead atoms. The fourth-order valence-electron chi connectivity index (χ4n) is 12.2. The second kappa shape index (κ2) is 13.2. The molecule has 0 spiro atoms. The van der Waals surface area contributed by atoms with Crippen molar-refractivity contribution in [3.63, 3.8) is 0 Å². The topological polar surface area (TPSA) is 3.24 Å². The third-order valence-electron chi connectivity index (χ3n) is 14.5. The minimum absolute atomic E-state index is 0.103. The summed E-state index contributed by atoms with van der Waals surface area (Å²) in [7, 11) is 0. The van der Waals surface area contributed by atoms with Crippen molar-refractivity contribution in [3.8, 4) is 44.5 Å². The summed E-state index contributed by atoms with van der Waals surface area (Å²) in [6.45, 7) is 7.04. The first-order valence-corrected chi connectivity index (χ1v) is 21.3. The van der Waals surface area contributed by atoms with Gasteiger partial charge in [0, 0.05) is 22.4 Å². The maximum atomic E-state index is 2.52. The number of rotatable bonds is 7. The Morgan fingerprint density at radius 1 is 0.439 bits per heavy atom. The molecule has 0 atom stereocenters. The van der Waals surface area contributed by atoms with Gasteiger partial charge in [-0.25, -0.2) is 0 Å². The maximum absolute atomic E-state index is 2.52. The Labute approximate surface area is 339 Å². The van der Waals surface area contributed by atoms with Gasteiger partial charge in [0.1, 0.15) is 0 Å². The van der Waals surface area contributed by atoms with Crippen LogP contribution in [0.5, 0.6) is 0 Å². The van der Waals surface area contributed by atoms with Gasteiger partial charge in [-0.2, -0.15) is 0 Å². The molecule has 0 aliphatic heterocycles. The fraction of sp³-hybridized carbons (Fsp3) is 0.250. The predicted octanol–water partition coefficient (Wildman–Crippen LogP) is 15.2. The van der Waals surface area contributed by atoms with Crippen LogP contribution in [0.1, 0.15) is 74.6 Å². The summed E-state index contributed by atoms with van der Waals surface area (Å²) < 4.78 is 0. The van der Waals surface area contributed by atoms with Crippen LogP contribution in [0, 0.1) is 24.7 Å². The number of hydrogen-bond acceptors (Lipinski definition) is 1. The predicted molar refractivity (Wildman–Crippen MR) is 240 cm³/mol. The molecule has 57 heavy (non-hydrogen) atoms. The molecule has 7 aromatic carbocycles. The normalized spacial score (nSPS) is 22.3. The largest absolute Gasteiger partial charge is 0.310 e. The summed E-state index contributed by atoms with van der Waals surface area (Å²) in [5.74, 6) is 2.87. The van der Waals surface area contributed by atoms with Gasteiger partial charge in [0.05, 0.1) is 5.69 Å². The van der Waals surface area contributed by atoms with E-state index in [1.54, 1.807) is 5.56 Å². The molecule has 7 aromatic rings.